The molecule has 0 radical (unpaired) electrons. The molecule has 2 nitrogen and oxygen atoms in total. The van der Waals surface area contributed by atoms with Crippen molar-refractivity contribution in [1.29, 1.82) is 0 Å². The van der Waals surface area contributed by atoms with E-state index in [2.05, 4.69) is 20.9 Å². The van der Waals surface area contributed by atoms with Gasteiger partial charge in [0.15, 0.2) is 5.58 Å². The van der Waals surface area contributed by atoms with Gasteiger partial charge in [0.25, 0.3) is 0 Å². The fraction of sp³-hybridized carbons (Fsp3) is 0. The predicted molar refractivity (Wildman–Crippen MR) is 77.0 cm³/mol. The summed E-state index contributed by atoms with van der Waals surface area (Å²) in [6.45, 7) is 0. The van der Waals surface area contributed by atoms with Crippen LogP contribution in [0.2, 0.25) is 0 Å². The normalized spacial score (nSPS) is 11.5. The maximum absolute atomic E-state index is 13.4. The van der Waals surface area contributed by atoms with Gasteiger partial charge >= 0.3 is 0 Å². The van der Waals surface area contributed by atoms with Crippen LogP contribution in [-0.2, 0) is 0 Å². The molecule has 3 rings (SSSR count). The Hall–Kier alpha value is -1.94. The van der Waals surface area contributed by atoms with Gasteiger partial charge in [0.2, 0.25) is 5.89 Å². The molecule has 0 unspecified atom stereocenters. The van der Waals surface area contributed by atoms with E-state index in [1.165, 1.54) is 6.07 Å². The third kappa shape index (κ3) is 2.58. The number of halogens is 2. The molecule has 0 aliphatic carbocycles. The van der Waals surface area contributed by atoms with Crippen LogP contribution in [-0.4, -0.2) is 4.98 Å². The van der Waals surface area contributed by atoms with Crippen molar-refractivity contribution in [3.05, 3.63) is 64.2 Å². The maximum atomic E-state index is 13.4. The fourth-order valence-corrected chi connectivity index (χ4v) is 2.10. The van der Waals surface area contributed by atoms with Crippen LogP contribution in [0.5, 0.6) is 0 Å². The van der Waals surface area contributed by atoms with Crippen LogP contribution in [0.4, 0.5) is 4.39 Å². The van der Waals surface area contributed by atoms with Crippen LogP contribution < -0.4 is 0 Å². The van der Waals surface area contributed by atoms with Crippen molar-refractivity contribution in [3.8, 4) is 0 Å². The molecule has 1 heterocycles. The fourth-order valence-electron chi connectivity index (χ4n) is 1.76. The lowest BCUT2D eigenvalue weighted by Gasteiger charge is -1.93. The van der Waals surface area contributed by atoms with Gasteiger partial charge in [-0.2, -0.15) is 0 Å². The van der Waals surface area contributed by atoms with E-state index in [-0.39, 0.29) is 5.82 Å². The number of aromatic nitrogens is 1. The third-order valence-corrected chi connectivity index (χ3v) is 3.17. The SMILES string of the molecule is Fc1ccccc1/C=C/c1nc2ccc(Br)cc2o1. The Kier molecular flexibility index (Phi) is 3.17. The molecule has 0 amide bonds. The van der Waals surface area contributed by atoms with E-state index < -0.39 is 0 Å². The van der Waals surface area contributed by atoms with E-state index in [1.807, 2.05) is 18.2 Å². The molecule has 0 fully saturated rings. The van der Waals surface area contributed by atoms with E-state index in [0.29, 0.717) is 17.0 Å². The summed E-state index contributed by atoms with van der Waals surface area (Å²) in [5, 5.41) is 0. The van der Waals surface area contributed by atoms with Gasteiger partial charge in [-0.15, -0.1) is 0 Å². The molecule has 1 aromatic heterocycles. The van der Waals surface area contributed by atoms with E-state index >= 15 is 0 Å². The molecular weight excluding hydrogens is 309 g/mol. The predicted octanol–water partition coefficient (Wildman–Crippen LogP) is 4.90. The van der Waals surface area contributed by atoms with E-state index in [0.717, 1.165) is 9.99 Å². The monoisotopic (exact) mass is 317 g/mol. The minimum Gasteiger partial charge on any atom is -0.437 e. The number of rotatable bonds is 2. The largest absolute Gasteiger partial charge is 0.437 e. The number of nitrogens with zero attached hydrogens (tertiary/aromatic N) is 1. The number of hydrogen-bond acceptors (Lipinski definition) is 2. The molecule has 0 aliphatic heterocycles. The average molecular weight is 318 g/mol. The molecule has 3 aromatic rings. The van der Waals surface area contributed by atoms with E-state index in [4.69, 9.17) is 4.42 Å². The van der Waals surface area contributed by atoms with Crippen molar-refractivity contribution in [2.75, 3.05) is 0 Å². The molecule has 0 bridgehead atoms. The summed E-state index contributed by atoms with van der Waals surface area (Å²) >= 11 is 3.37. The van der Waals surface area contributed by atoms with Crippen LogP contribution >= 0.6 is 15.9 Å². The molecule has 0 saturated carbocycles. The molecule has 0 aliphatic rings. The van der Waals surface area contributed by atoms with Crippen LogP contribution in [0.1, 0.15) is 11.5 Å². The summed E-state index contributed by atoms with van der Waals surface area (Å²) in [4.78, 5) is 4.30. The van der Waals surface area contributed by atoms with Crippen LogP contribution in [0.15, 0.2) is 51.4 Å². The highest BCUT2D eigenvalue weighted by Crippen LogP contribution is 2.21. The molecule has 94 valence electrons. The summed E-state index contributed by atoms with van der Waals surface area (Å²) in [5.74, 6) is 0.189. The zero-order chi connectivity index (χ0) is 13.2. The summed E-state index contributed by atoms with van der Waals surface area (Å²) in [6, 6.07) is 12.2. The first-order valence-corrected chi connectivity index (χ1v) is 6.50. The highest BCUT2D eigenvalue weighted by molar-refractivity contribution is 9.10. The van der Waals surface area contributed by atoms with Gasteiger partial charge in [-0.25, -0.2) is 9.37 Å². The molecule has 19 heavy (non-hydrogen) atoms. The molecule has 0 N–H and O–H groups in total. The van der Waals surface area contributed by atoms with Crippen LogP contribution in [0.3, 0.4) is 0 Å². The standard InChI is InChI=1S/C15H9BrFNO/c16-11-6-7-13-14(9-11)19-15(18-13)8-5-10-3-1-2-4-12(10)17/h1-9H/b8-5+. The average Bonchev–Trinajstić information content (AvgIpc) is 2.79. The lowest BCUT2D eigenvalue weighted by Crippen LogP contribution is -1.79. The maximum Gasteiger partial charge on any atom is 0.220 e. The minimum atomic E-state index is -0.266. The molecule has 2 aromatic carbocycles. The first-order valence-electron chi connectivity index (χ1n) is 5.71. The van der Waals surface area contributed by atoms with Gasteiger partial charge in [-0.05, 0) is 30.3 Å². The quantitative estimate of drug-likeness (QED) is 0.672. The Balaban J connectivity index is 1.95. The van der Waals surface area contributed by atoms with Crippen molar-refractivity contribution >= 4 is 39.2 Å². The second kappa shape index (κ2) is 4.97. The van der Waals surface area contributed by atoms with Gasteiger partial charge in [-0.3, -0.25) is 0 Å². The van der Waals surface area contributed by atoms with Crippen molar-refractivity contribution in [2.45, 2.75) is 0 Å². The highest BCUT2D eigenvalue weighted by Gasteiger charge is 2.03. The second-order valence-electron chi connectivity index (χ2n) is 4.02. The summed E-state index contributed by atoms with van der Waals surface area (Å²) < 4.78 is 19.9. The Morgan fingerprint density at radius 2 is 1.95 bits per heavy atom. The topological polar surface area (TPSA) is 26.0 Å². The summed E-state index contributed by atoms with van der Waals surface area (Å²) in [7, 11) is 0. The zero-order valence-electron chi connectivity index (χ0n) is 9.81. The molecule has 0 spiro atoms. The van der Waals surface area contributed by atoms with Crippen molar-refractivity contribution < 1.29 is 8.81 Å². The van der Waals surface area contributed by atoms with Crippen LogP contribution in [0.25, 0.3) is 23.3 Å². The van der Waals surface area contributed by atoms with E-state index in [9.17, 15) is 4.39 Å². The lowest BCUT2D eigenvalue weighted by atomic mass is 10.2. The Morgan fingerprint density at radius 3 is 2.79 bits per heavy atom. The summed E-state index contributed by atoms with van der Waals surface area (Å²) in [6.07, 6.45) is 3.31. The van der Waals surface area contributed by atoms with Gasteiger partial charge in [-0.1, -0.05) is 34.1 Å². The molecule has 0 saturated heterocycles. The number of hydrogen-bond donors (Lipinski definition) is 0. The minimum absolute atomic E-state index is 0.266. The second-order valence-corrected chi connectivity index (χ2v) is 4.93. The molecule has 4 heteroatoms. The van der Waals surface area contributed by atoms with Gasteiger partial charge in [0.05, 0.1) is 0 Å². The number of fused-ring (bicyclic) bond motifs is 1. The van der Waals surface area contributed by atoms with Crippen molar-refractivity contribution in [2.24, 2.45) is 0 Å². The first-order chi connectivity index (χ1) is 9.22. The van der Waals surface area contributed by atoms with Crippen LogP contribution in [0, 0.1) is 5.82 Å². The third-order valence-electron chi connectivity index (χ3n) is 2.68. The van der Waals surface area contributed by atoms with Gasteiger partial charge in [0, 0.05) is 16.1 Å². The van der Waals surface area contributed by atoms with Gasteiger partial charge < -0.3 is 4.42 Å². The Bertz CT molecular complexity index is 764. The molecule has 0 atom stereocenters. The smallest absolute Gasteiger partial charge is 0.220 e. The summed E-state index contributed by atoms with van der Waals surface area (Å²) in [5.41, 5.74) is 1.98. The van der Waals surface area contributed by atoms with Crippen molar-refractivity contribution in [1.82, 2.24) is 4.98 Å². The Morgan fingerprint density at radius 1 is 1.11 bits per heavy atom. The molecular formula is C15H9BrFNO. The first kappa shape index (κ1) is 12.1. The number of benzene rings is 2. The van der Waals surface area contributed by atoms with Crippen molar-refractivity contribution in [3.63, 3.8) is 0 Å². The Labute approximate surface area is 117 Å². The lowest BCUT2D eigenvalue weighted by molar-refractivity contribution is 0.589. The zero-order valence-corrected chi connectivity index (χ0v) is 11.4. The highest BCUT2D eigenvalue weighted by atomic mass is 79.9. The van der Waals surface area contributed by atoms with Gasteiger partial charge in [0.1, 0.15) is 11.3 Å². The van der Waals surface area contributed by atoms with E-state index in [1.54, 1.807) is 30.4 Å². The number of oxazole rings is 1.